The van der Waals surface area contributed by atoms with Gasteiger partial charge in [-0.05, 0) is 48.8 Å². The SMILES string of the molecule is CC(C)(C)CC(=O)Nc1ccc2c3c(c(=O)[nH]c2c1)CCCC3. The molecule has 2 N–H and O–H groups in total. The van der Waals surface area contributed by atoms with Gasteiger partial charge < -0.3 is 10.3 Å². The van der Waals surface area contributed by atoms with Crippen LogP contribution in [0.15, 0.2) is 23.0 Å². The van der Waals surface area contributed by atoms with Crippen LogP contribution in [0.1, 0.15) is 51.2 Å². The lowest BCUT2D eigenvalue weighted by atomic mass is 9.90. The molecular weight excluding hydrogens is 288 g/mol. The fraction of sp³-hybridized carbons (Fsp3) is 0.474. The number of aryl methyl sites for hydroxylation is 1. The molecule has 1 aliphatic rings. The number of carbonyl (C=O) groups is 1. The summed E-state index contributed by atoms with van der Waals surface area (Å²) in [7, 11) is 0. The van der Waals surface area contributed by atoms with Gasteiger partial charge in [0.15, 0.2) is 0 Å². The van der Waals surface area contributed by atoms with Crippen LogP contribution in [-0.2, 0) is 17.6 Å². The molecule has 0 atom stereocenters. The van der Waals surface area contributed by atoms with Crippen molar-refractivity contribution < 1.29 is 4.79 Å². The quantitative estimate of drug-likeness (QED) is 0.886. The first-order valence-corrected chi connectivity index (χ1v) is 8.31. The molecule has 0 radical (unpaired) electrons. The van der Waals surface area contributed by atoms with Gasteiger partial charge in [-0.3, -0.25) is 9.59 Å². The van der Waals surface area contributed by atoms with Crippen LogP contribution in [0.25, 0.3) is 10.9 Å². The van der Waals surface area contributed by atoms with Crippen molar-refractivity contribution in [3.8, 4) is 0 Å². The van der Waals surface area contributed by atoms with Crippen LogP contribution in [0, 0.1) is 5.41 Å². The standard InChI is InChI=1S/C19H24N2O2/c1-19(2,3)11-17(22)20-12-8-9-14-13-6-4-5-7-15(13)18(23)21-16(14)10-12/h8-10H,4-7,11H2,1-3H3,(H,20,22)(H,21,23). The van der Waals surface area contributed by atoms with E-state index in [9.17, 15) is 9.59 Å². The van der Waals surface area contributed by atoms with Crippen LogP contribution < -0.4 is 10.9 Å². The number of aromatic amines is 1. The first-order chi connectivity index (χ1) is 10.8. The van der Waals surface area contributed by atoms with E-state index < -0.39 is 0 Å². The van der Waals surface area contributed by atoms with Crippen molar-refractivity contribution in [2.24, 2.45) is 5.41 Å². The summed E-state index contributed by atoms with van der Waals surface area (Å²) in [4.78, 5) is 27.3. The van der Waals surface area contributed by atoms with E-state index in [2.05, 4.69) is 10.3 Å². The van der Waals surface area contributed by atoms with Gasteiger partial charge in [0.05, 0.1) is 5.52 Å². The summed E-state index contributed by atoms with van der Waals surface area (Å²) in [5.74, 6) is -0.00263. The fourth-order valence-corrected chi connectivity index (χ4v) is 3.33. The Morgan fingerprint density at radius 1 is 1.17 bits per heavy atom. The van der Waals surface area contributed by atoms with E-state index >= 15 is 0 Å². The highest BCUT2D eigenvalue weighted by Gasteiger charge is 2.18. The third-order valence-electron chi connectivity index (χ3n) is 4.31. The van der Waals surface area contributed by atoms with Crippen molar-refractivity contribution in [2.45, 2.75) is 52.9 Å². The van der Waals surface area contributed by atoms with E-state index in [4.69, 9.17) is 0 Å². The zero-order valence-corrected chi connectivity index (χ0v) is 14.1. The van der Waals surface area contributed by atoms with Gasteiger partial charge in [0.25, 0.3) is 5.56 Å². The van der Waals surface area contributed by atoms with E-state index in [-0.39, 0.29) is 16.9 Å². The largest absolute Gasteiger partial charge is 0.326 e. The fourth-order valence-electron chi connectivity index (χ4n) is 3.33. The molecule has 23 heavy (non-hydrogen) atoms. The molecule has 0 saturated heterocycles. The second-order valence-electron chi connectivity index (χ2n) is 7.66. The monoisotopic (exact) mass is 312 g/mol. The number of H-pyrrole nitrogens is 1. The second-order valence-corrected chi connectivity index (χ2v) is 7.66. The highest BCUT2D eigenvalue weighted by Crippen LogP contribution is 2.27. The molecule has 4 nitrogen and oxygen atoms in total. The third kappa shape index (κ3) is 3.46. The van der Waals surface area contributed by atoms with Gasteiger partial charge in [0.2, 0.25) is 5.91 Å². The summed E-state index contributed by atoms with van der Waals surface area (Å²) in [6, 6.07) is 5.81. The highest BCUT2D eigenvalue weighted by atomic mass is 16.1. The zero-order chi connectivity index (χ0) is 16.6. The summed E-state index contributed by atoms with van der Waals surface area (Å²) < 4.78 is 0. The summed E-state index contributed by atoms with van der Waals surface area (Å²) in [6.45, 7) is 6.12. The lowest BCUT2D eigenvalue weighted by Crippen LogP contribution is -2.20. The first-order valence-electron chi connectivity index (χ1n) is 8.31. The van der Waals surface area contributed by atoms with Gasteiger partial charge in [-0.2, -0.15) is 0 Å². The number of rotatable bonds is 2. The number of nitrogens with one attached hydrogen (secondary N) is 2. The van der Waals surface area contributed by atoms with Crippen molar-refractivity contribution in [3.63, 3.8) is 0 Å². The molecule has 1 heterocycles. The van der Waals surface area contributed by atoms with Crippen molar-refractivity contribution in [1.29, 1.82) is 0 Å². The number of hydrogen-bond donors (Lipinski definition) is 2. The second kappa shape index (κ2) is 5.84. The van der Waals surface area contributed by atoms with Gasteiger partial charge in [-0.25, -0.2) is 0 Å². The number of carbonyl (C=O) groups excluding carboxylic acids is 1. The lowest BCUT2D eigenvalue weighted by Gasteiger charge is -2.19. The Balaban J connectivity index is 1.94. The average molecular weight is 312 g/mol. The number of aromatic nitrogens is 1. The van der Waals surface area contributed by atoms with Crippen LogP contribution in [0.5, 0.6) is 0 Å². The van der Waals surface area contributed by atoms with Crippen LogP contribution >= 0.6 is 0 Å². The molecule has 0 spiro atoms. The van der Waals surface area contributed by atoms with Crippen LogP contribution in [0.3, 0.4) is 0 Å². The van der Waals surface area contributed by atoms with Gasteiger partial charge in [-0.1, -0.05) is 26.8 Å². The highest BCUT2D eigenvalue weighted by molar-refractivity contribution is 5.94. The topological polar surface area (TPSA) is 62.0 Å². The smallest absolute Gasteiger partial charge is 0.251 e. The average Bonchev–Trinajstić information content (AvgIpc) is 2.45. The van der Waals surface area contributed by atoms with E-state index in [0.29, 0.717) is 6.42 Å². The number of fused-ring (bicyclic) bond motifs is 3. The van der Waals surface area contributed by atoms with E-state index in [1.54, 1.807) is 0 Å². The summed E-state index contributed by atoms with van der Waals surface area (Å²) >= 11 is 0. The molecule has 1 amide bonds. The number of hydrogen-bond acceptors (Lipinski definition) is 2. The molecule has 0 bridgehead atoms. The Labute approximate surface area is 136 Å². The molecule has 122 valence electrons. The van der Waals surface area contributed by atoms with Crippen molar-refractivity contribution >= 4 is 22.5 Å². The van der Waals surface area contributed by atoms with Gasteiger partial charge in [0, 0.05) is 23.1 Å². The molecule has 0 saturated carbocycles. The molecule has 3 rings (SSSR count). The minimum absolute atomic E-state index is 0.00263. The number of amides is 1. The van der Waals surface area contributed by atoms with Gasteiger partial charge in [0.1, 0.15) is 0 Å². The molecule has 1 aromatic carbocycles. The van der Waals surface area contributed by atoms with E-state index in [1.807, 2.05) is 39.0 Å². The van der Waals surface area contributed by atoms with Crippen molar-refractivity contribution in [3.05, 3.63) is 39.7 Å². The molecule has 4 heteroatoms. The molecule has 2 aromatic rings. The normalized spacial score (nSPS) is 14.6. The van der Waals surface area contributed by atoms with Crippen LogP contribution in [-0.4, -0.2) is 10.9 Å². The molecule has 0 fully saturated rings. The summed E-state index contributed by atoms with van der Waals surface area (Å²) in [5.41, 5.74) is 3.64. The summed E-state index contributed by atoms with van der Waals surface area (Å²) in [5, 5.41) is 4.03. The maximum absolute atomic E-state index is 12.3. The first kappa shape index (κ1) is 15.8. The molecule has 0 aliphatic heterocycles. The molecule has 1 aliphatic carbocycles. The molecule has 0 unspecified atom stereocenters. The maximum Gasteiger partial charge on any atom is 0.251 e. The molecule has 1 aromatic heterocycles. The lowest BCUT2D eigenvalue weighted by molar-refractivity contribution is -0.117. The third-order valence-corrected chi connectivity index (χ3v) is 4.31. The minimum Gasteiger partial charge on any atom is -0.326 e. The Hall–Kier alpha value is -2.10. The predicted molar refractivity (Wildman–Crippen MR) is 93.9 cm³/mol. The summed E-state index contributed by atoms with van der Waals surface area (Å²) in [6.07, 6.45) is 4.51. The van der Waals surface area contributed by atoms with Crippen molar-refractivity contribution in [2.75, 3.05) is 5.32 Å². The van der Waals surface area contributed by atoms with Gasteiger partial charge in [-0.15, -0.1) is 0 Å². The van der Waals surface area contributed by atoms with E-state index in [1.165, 1.54) is 5.56 Å². The van der Waals surface area contributed by atoms with Crippen LogP contribution in [0.4, 0.5) is 5.69 Å². The Bertz CT molecular complexity index is 812. The number of pyridine rings is 1. The maximum atomic E-state index is 12.3. The van der Waals surface area contributed by atoms with Gasteiger partial charge >= 0.3 is 0 Å². The Morgan fingerprint density at radius 3 is 2.57 bits per heavy atom. The zero-order valence-electron chi connectivity index (χ0n) is 14.1. The number of anilines is 1. The Kier molecular flexibility index (Phi) is 4.00. The predicted octanol–water partition coefficient (Wildman–Crippen LogP) is 3.78. The van der Waals surface area contributed by atoms with E-state index in [0.717, 1.165) is 47.8 Å². The molecular formula is C19H24N2O2. The number of benzene rings is 1. The Morgan fingerprint density at radius 2 is 1.87 bits per heavy atom. The minimum atomic E-state index is -0.0473. The van der Waals surface area contributed by atoms with Crippen molar-refractivity contribution in [1.82, 2.24) is 4.98 Å². The van der Waals surface area contributed by atoms with Crippen LogP contribution in [0.2, 0.25) is 0 Å².